The molecule has 2 heterocycles. The number of halogens is 4. The van der Waals surface area contributed by atoms with E-state index < -0.39 is 41.6 Å². The number of pyridine rings is 1. The zero-order valence-corrected chi connectivity index (χ0v) is 19.6. The van der Waals surface area contributed by atoms with E-state index in [1.54, 1.807) is 39.0 Å². The van der Waals surface area contributed by atoms with Gasteiger partial charge in [-0.2, -0.15) is 13.2 Å². The van der Waals surface area contributed by atoms with Crippen molar-refractivity contribution >= 4 is 16.6 Å². The highest BCUT2D eigenvalue weighted by atomic mass is 19.4. The van der Waals surface area contributed by atoms with Gasteiger partial charge in [0.25, 0.3) is 0 Å². The Morgan fingerprint density at radius 2 is 1.86 bits per heavy atom. The molecule has 0 spiro atoms. The van der Waals surface area contributed by atoms with Crippen LogP contribution in [0.2, 0.25) is 0 Å². The van der Waals surface area contributed by atoms with E-state index in [0.717, 1.165) is 11.6 Å². The molecule has 0 saturated carbocycles. The smallest absolute Gasteiger partial charge is 0.420 e. The first-order chi connectivity index (χ1) is 16.3. The first-order valence-corrected chi connectivity index (χ1v) is 11.4. The molecule has 2 aliphatic rings. The van der Waals surface area contributed by atoms with Crippen LogP contribution in [-0.4, -0.2) is 40.1 Å². The predicted octanol–water partition coefficient (Wildman–Crippen LogP) is 4.89. The van der Waals surface area contributed by atoms with E-state index in [2.05, 4.69) is 10.3 Å². The molecule has 0 saturated heterocycles. The summed E-state index contributed by atoms with van der Waals surface area (Å²) in [4.78, 5) is 4.28. The number of benzene rings is 2. The number of fused-ring (bicyclic) bond motifs is 4. The summed E-state index contributed by atoms with van der Waals surface area (Å²) in [6.07, 6.45) is -5.32. The van der Waals surface area contributed by atoms with Crippen LogP contribution in [0.4, 0.5) is 23.2 Å². The fourth-order valence-electron chi connectivity index (χ4n) is 5.61. The van der Waals surface area contributed by atoms with Gasteiger partial charge in [0.1, 0.15) is 17.2 Å². The van der Waals surface area contributed by atoms with E-state index in [9.17, 15) is 27.8 Å². The number of rotatable bonds is 3. The van der Waals surface area contributed by atoms with Gasteiger partial charge < -0.3 is 20.3 Å². The molecule has 0 radical (unpaired) electrons. The van der Waals surface area contributed by atoms with Crippen molar-refractivity contribution in [2.45, 2.75) is 56.4 Å². The highest BCUT2D eigenvalue weighted by Gasteiger charge is 2.71. The number of aryl methyl sites for hydroxylation is 1. The van der Waals surface area contributed by atoms with Crippen molar-refractivity contribution in [3.8, 4) is 5.75 Å². The van der Waals surface area contributed by atoms with Crippen LogP contribution >= 0.6 is 0 Å². The number of anilines is 1. The van der Waals surface area contributed by atoms with Crippen LogP contribution in [0.15, 0.2) is 36.4 Å². The summed E-state index contributed by atoms with van der Waals surface area (Å²) in [5.41, 5.74) is -5.03. The number of ether oxygens (including phenoxy) is 1. The van der Waals surface area contributed by atoms with E-state index in [0.29, 0.717) is 40.9 Å². The van der Waals surface area contributed by atoms with Gasteiger partial charge in [-0.05, 0) is 48.1 Å². The van der Waals surface area contributed by atoms with Gasteiger partial charge in [-0.3, -0.25) is 4.98 Å². The van der Waals surface area contributed by atoms with Gasteiger partial charge in [0.05, 0.1) is 18.7 Å². The molecule has 0 amide bonds. The Hall–Kier alpha value is -2.91. The SMILES string of the molecule is Cc1ccc2c(NCC3(O)c4ccc5c(c4C(C)(C)CC3(O)C(F)(F)F)OCC5)cc(F)cc2n1. The molecular weight excluding hydrogens is 464 g/mol. The Kier molecular flexibility index (Phi) is 5.13. The van der Waals surface area contributed by atoms with Gasteiger partial charge in [0.15, 0.2) is 5.60 Å². The molecule has 3 N–H and O–H groups in total. The molecule has 186 valence electrons. The van der Waals surface area contributed by atoms with Gasteiger partial charge in [-0.15, -0.1) is 0 Å². The second-order valence-corrected chi connectivity index (χ2v) is 10.2. The summed E-state index contributed by atoms with van der Waals surface area (Å²) in [6.45, 7) is 4.61. The lowest BCUT2D eigenvalue weighted by molar-refractivity contribution is -0.330. The standard InChI is InChI=1S/C26H26F4N2O3/c1-14-4-6-17-19(10-16(27)11-20(17)32-14)31-13-24(33)18-7-5-15-8-9-35-22(15)21(18)23(2,3)12-25(24,34)26(28,29)30/h4-7,10-11,31,33-34H,8-9,12-13H2,1-3H3. The first-order valence-electron chi connectivity index (χ1n) is 11.4. The number of aliphatic hydroxyl groups is 2. The van der Waals surface area contributed by atoms with Gasteiger partial charge in [-0.1, -0.05) is 26.0 Å². The Labute approximate surface area is 199 Å². The summed E-state index contributed by atoms with van der Waals surface area (Å²) in [5.74, 6) is -0.168. The summed E-state index contributed by atoms with van der Waals surface area (Å²) in [5, 5.41) is 26.3. The molecule has 1 aliphatic carbocycles. The number of nitrogens with one attached hydrogen (secondary N) is 1. The number of hydrogen-bond donors (Lipinski definition) is 3. The topological polar surface area (TPSA) is 74.6 Å². The summed E-state index contributed by atoms with van der Waals surface area (Å²) < 4.78 is 63.5. The average molecular weight is 490 g/mol. The number of nitrogens with zero attached hydrogens (tertiary/aromatic N) is 1. The molecule has 5 rings (SSSR count). The Morgan fingerprint density at radius 1 is 1.11 bits per heavy atom. The summed E-state index contributed by atoms with van der Waals surface area (Å²) in [6, 6.07) is 8.82. The molecule has 0 fully saturated rings. The minimum atomic E-state index is -5.15. The molecule has 0 bridgehead atoms. The van der Waals surface area contributed by atoms with Crippen molar-refractivity contribution in [3.63, 3.8) is 0 Å². The fraction of sp³-hybridized carbons (Fsp3) is 0.423. The van der Waals surface area contributed by atoms with Crippen LogP contribution in [0.5, 0.6) is 5.75 Å². The number of aromatic nitrogens is 1. The van der Waals surface area contributed by atoms with E-state index in [4.69, 9.17) is 4.74 Å². The molecule has 2 unspecified atom stereocenters. The molecular formula is C26H26F4N2O3. The third-order valence-corrected chi connectivity index (χ3v) is 7.28. The van der Waals surface area contributed by atoms with Crippen molar-refractivity contribution in [2.24, 2.45) is 0 Å². The highest BCUT2D eigenvalue weighted by Crippen LogP contribution is 2.59. The maximum atomic E-state index is 14.5. The second kappa shape index (κ2) is 7.54. The van der Waals surface area contributed by atoms with Gasteiger partial charge >= 0.3 is 6.18 Å². The molecule has 2 atom stereocenters. The van der Waals surface area contributed by atoms with Crippen molar-refractivity contribution in [3.05, 3.63) is 64.6 Å². The van der Waals surface area contributed by atoms with E-state index in [1.807, 2.05) is 0 Å². The minimum Gasteiger partial charge on any atom is -0.493 e. The maximum Gasteiger partial charge on any atom is 0.420 e. The lowest BCUT2D eigenvalue weighted by Crippen LogP contribution is -2.68. The van der Waals surface area contributed by atoms with Crippen LogP contribution in [0, 0.1) is 12.7 Å². The largest absolute Gasteiger partial charge is 0.493 e. The van der Waals surface area contributed by atoms with Crippen molar-refractivity contribution in [1.29, 1.82) is 0 Å². The fourth-order valence-corrected chi connectivity index (χ4v) is 5.61. The molecule has 35 heavy (non-hydrogen) atoms. The lowest BCUT2D eigenvalue weighted by atomic mass is 9.58. The summed E-state index contributed by atoms with van der Waals surface area (Å²) in [7, 11) is 0. The second-order valence-electron chi connectivity index (χ2n) is 10.2. The van der Waals surface area contributed by atoms with Crippen LogP contribution in [0.3, 0.4) is 0 Å². The zero-order chi connectivity index (χ0) is 25.4. The van der Waals surface area contributed by atoms with Crippen molar-refractivity contribution in [1.82, 2.24) is 4.98 Å². The van der Waals surface area contributed by atoms with Crippen molar-refractivity contribution in [2.75, 3.05) is 18.5 Å². The molecule has 3 aromatic rings. The average Bonchev–Trinajstić information content (AvgIpc) is 3.23. The predicted molar refractivity (Wildman–Crippen MR) is 123 cm³/mol. The molecule has 1 aliphatic heterocycles. The minimum absolute atomic E-state index is 0.0589. The molecule has 1 aromatic heterocycles. The van der Waals surface area contributed by atoms with Crippen molar-refractivity contribution < 1.29 is 32.5 Å². The van der Waals surface area contributed by atoms with Crippen LogP contribution in [0.25, 0.3) is 10.9 Å². The monoisotopic (exact) mass is 490 g/mol. The number of hydrogen-bond acceptors (Lipinski definition) is 5. The van der Waals surface area contributed by atoms with Crippen LogP contribution in [-0.2, 0) is 17.4 Å². The van der Waals surface area contributed by atoms with Crippen LogP contribution in [0.1, 0.15) is 42.7 Å². The van der Waals surface area contributed by atoms with Gasteiger partial charge in [0, 0.05) is 34.8 Å². The Morgan fingerprint density at radius 3 is 2.57 bits per heavy atom. The molecule has 9 heteroatoms. The molecule has 2 aromatic carbocycles. The van der Waals surface area contributed by atoms with E-state index in [-0.39, 0.29) is 11.3 Å². The normalized spacial score (nSPS) is 25.2. The summed E-state index contributed by atoms with van der Waals surface area (Å²) >= 11 is 0. The highest BCUT2D eigenvalue weighted by molar-refractivity contribution is 5.91. The third-order valence-electron chi connectivity index (χ3n) is 7.28. The lowest BCUT2D eigenvalue weighted by Gasteiger charge is -2.53. The Balaban J connectivity index is 1.67. The van der Waals surface area contributed by atoms with E-state index in [1.165, 1.54) is 12.1 Å². The van der Waals surface area contributed by atoms with Gasteiger partial charge in [0.2, 0.25) is 0 Å². The quantitative estimate of drug-likeness (QED) is 0.456. The van der Waals surface area contributed by atoms with Crippen LogP contribution < -0.4 is 10.1 Å². The zero-order valence-electron chi connectivity index (χ0n) is 19.6. The Bertz CT molecular complexity index is 1340. The van der Waals surface area contributed by atoms with E-state index >= 15 is 0 Å². The first kappa shape index (κ1) is 23.8. The van der Waals surface area contributed by atoms with Gasteiger partial charge in [-0.25, -0.2) is 4.39 Å². The maximum absolute atomic E-state index is 14.5. The molecule has 5 nitrogen and oxygen atoms in total. The number of alkyl halides is 3. The third kappa shape index (κ3) is 3.47.